The van der Waals surface area contributed by atoms with Crippen LogP contribution in [0.15, 0.2) is 5.03 Å². The molecule has 0 N–H and O–H groups in total. The lowest BCUT2D eigenvalue weighted by Gasteiger charge is -2.18. The third-order valence-corrected chi connectivity index (χ3v) is 6.44. The van der Waals surface area contributed by atoms with Gasteiger partial charge in [0.15, 0.2) is 0 Å². The van der Waals surface area contributed by atoms with E-state index in [0.29, 0.717) is 6.42 Å². The topological polar surface area (TPSA) is 52.1 Å². The number of carbonyl (C=O) groups is 1. The van der Waals surface area contributed by atoms with Gasteiger partial charge >= 0.3 is 5.97 Å². The van der Waals surface area contributed by atoms with Crippen LogP contribution in [0.2, 0.25) is 0 Å². The van der Waals surface area contributed by atoms with Gasteiger partial charge in [-0.15, -0.1) is 23.1 Å². The third kappa shape index (κ3) is 3.69. The molecule has 0 fully saturated rings. The number of methoxy groups -OCH3 is 1. The molecule has 23 heavy (non-hydrogen) atoms. The Kier molecular flexibility index (Phi) is 5.21. The van der Waals surface area contributed by atoms with Crippen molar-refractivity contribution >= 4 is 39.3 Å². The highest BCUT2D eigenvalue weighted by Crippen LogP contribution is 2.40. The monoisotopic (exact) mass is 350 g/mol. The fraction of sp³-hybridized carbons (Fsp3) is 0.588. The van der Waals surface area contributed by atoms with Crippen LogP contribution in [-0.2, 0) is 22.4 Å². The van der Waals surface area contributed by atoms with Crippen molar-refractivity contribution < 1.29 is 9.53 Å². The molecule has 0 saturated carbocycles. The highest BCUT2D eigenvalue weighted by atomic mass is 32.2. The number of nitrogens with zero attached hydrogens (tertiary/aromatic N) is 2. The van der Waals surface area contributed by atoms with Gasteiger partial charge in [0.2, 0.25) is 0 Å². The molecule has 124 valence electrons. The van der Waals surface area contributed by atoms with Crippen molar-refractivity contribution in [3.05, 3.63) is 16.3 Å². The van der Waals surface area contributed by atoms with Crippen LogP contribution in [0.1, 0.15) is 42.5 Å². The van der Waals surface area contributed by atoms with E-state index in [1.807, 2.05) is 18.3 Å². The molecule has 6 heteroatoms. The predicted molar refractivity (Wildman–Crippen MR) is 95.3 cm³/mol. The largest absolute Gasteiger partial charge is 0.469 e. The molecule has 0 aliphatic heterocycles. The van der Waals surface area contributed by atoms with Gasteiger partial charge in [0.1, 0.15) is 15.7 Å². The van der Waals surface area contributed by atoms with E-state index in [1.165, 1.54) is 35.8 Å². The van der Waals surface area contributed by atoms with Gasteiger partial charge in [-0.25, -0.2) is 9.97 Å². The van der Waals surface area contributed by atoms with Crippen molar-refractivity contribution in [1.82, 2.24) is 9.97 Å². The second kappa shape index (κ2) is 7.18. The second-order valence-corrected chi connectivity index (χ2v) is 8.30. The van der Waals surface area contributed by atoms with E-state index in [0.717, 1.165) is 40.2 Å². The summed E-state index contributed by atoms with van der Waals surface area (Å²) in [6, 6.07) is 0. The summed E-state index contributed by atoms with van der Waals surface area (Å²) in [7, 11) is 1.44. The SMILES string of the molecule is COC(=O)CCCSc1nc(C)nc2sc3c(c12)CCC(C)C3. The number of esters is 1. The Morgan fingerprint density at radius 1 is 1.43 bits per heavy atom. The Morgan fingerprint density at radius 3 is 3.04 bits per heavy atom. The molecule has 1 atom stereocenters. The number of carbonyl (C=O) groups excluding carboxylic acids is 1. The maximum absolute atomic E-state index is 11.2. The molecule has 0 amide bonds. The van der Waals surface area contributed by atoms with E-state index in [9.17, 15) is 4.79 Å². The molecule has 2 aromatic heterocycles. The number of thioether (sulfide) groups is 1. The normalized spacial score (nSPS) is 17.3. The molecular formula is C17H22N2O2S2. The second-order valence-electron chi connectivity index (χ2n) is 6.14. The van der Waals surface area contributed by atoms with E-state index in [1.54, 1.807) is 11.8 Å². The lowest BCUT2D eigenvalue weighted by atomic mass is 9.89. The summed E-state index contributed by atoms with van der Waals surface area (Å²) in [4.78, 5) is 23.2. The van der Waals surface area contributed by atoms with Crippen molar-refractivity contribution in [2.75, 3.05) is 12.9 Å². The number of hydrogen-bond acceptors (Lipinski definition) is 6. The Hall–Kier alpha value is -1.14. The minimum Gasteiger partial charge on any atom is -0.469 e. The first kappa shape index (κ1) is 16.7. The Labute approximate surface area is 145 Å². The molecule has 2 aromatic rings. The minimum absolute atomic E-state index is 0.142. The van der Waals surface area contributed by atoms with Crippen LogP contribution in [0.3, 0.4) is 0 Å². The first-order valence-corrected chi connectivity index (χ1v) is 9.87. The van der Waals surface area contributed by atoms with Crippen LogP contribution in [0.5, 0.6) is 0 Å². The van der Waals surface area contributed by atoms with E-state index in [2.05, 4.69) is 16.9 Å². The first-order valence-electron chi connectivity index (χ1n) is 8.07. The van der Waals surface area contributed by atoms with Gasteiger partial charge in [0.05, 0.1) is 7.11 Å². The number of fused-ring (bicyclic) bond motifs is 3. The van der Waals surface area contributed by atoms with Crippen LogP contribution >= 0.6 is 23.1 Å². The molecule has 0 saturated heterocycles. The summed E-state index contributed by atoms with van der Waals surface area (Å²) in [6.07, 6.45) is 4.83. The lowest BCUT2D eigenvalue weighted by molar-refractivity contribution is -0.140. The van der Waals surface area contributed by atoms with Crippen molar-refractivity contribution in [3.8, 4) is 0 Å². The molecule has 2 heterocycles. The van der Waals surface area contributed by atoms with Gasteiger partial charge in [-0.3, -0.25) is 4.79 Å². The van der Waals surface area contributed by atoms with Gasteiger partial charge < -0.3 is 4.74 Å². The molecular weight excluding hydrogens is 328 g/mol. The van der Waals surface area contributed by atoms with Crippen molar-refractivity contribution in [2.45, 2.75) is 51.0 Å². The fourth-order valence-corrected chi connectivity index (χ4v) is 5.54. The molecule has 0 radical (unpaired) electrons. The van der Waals surface area contributed by atoms with Crippen molar-refractivity contribution in [1.29, 1.82) is 0 Å². The van der Waals surface area contributed by atoms with Crippen LogP contribution < -0.4 is 0 Å². The maximum Gasteiger partial charge on any atom is 0.305 e. The van der Waals surface area contributed by atoms with Gasteiger partial charge in [0, 0.05) is 22.4 Å². The highest BCUT2D eigenvalue weighted by Gasteiger charge is 2.23. The summed E-state index contributed by atoms with van der Waals surface area (Å²) in [5.41, 5.74) is 1.47. The van der Waals surface area contributed by atoms with Crippen LogP contribution in [0.4, 0.5) is 0 Å². The molecule has 1 aliphatic carbocycles. The van der Waals surface area contributed by atoms with E-state index >= 15 is 0 Å². The van der Waals surface area contributed by atoms with E-state index in [-0.39, 0.29) is 5.97 Å². The van der Waals surface area contributed by atoms with Gasteiger partial charge in [-0.05, 0) is 44.1 Å². The van der Waals surface area contributed by atoms with Crippen LogP contribution in [-0.4, -0.2) is 28.8 Å². The number of aromatic nitrogens is 2. The summed E-state index contributed by atoms with van der Waals surface area (Å²) in [5, 5.41) is 2.36. The summed E-state index contributed by atoms with van der Waals surface area (Å²) < 4.78 is 4.69. The zero-order valence-corrected chi connectivity index (χ0v) is 15.5. The molecule has 0 aromatic carbocycles. The third-order valence-electron chi connectivity index (χ3n) is 4.23. The lowest BCUT2D eigenvalue weighted by Crippen LogP contribution is -2.08. The zero-order chi connectivity index (χ0) is 16.4. The molecule has 0 bridgehead atoms. The number of thiophene rings is 1. The Bertz CT molecular complexity index is 727. The highest BCUT2D eigenvalue weighted by molar-refractivity contribution is 7.99. The zero-order valence-electron chi connectivity index (χ0n) is 13.8. The average molecular weight is 351 g/mol. The molecule has 1 aliphatic rings. The quantitative estimate of drug-likeness (QED) is 0.351. The Balaban J connectivity index is 1.83. The first-order chi connectivity index (χ1) is 11.1. The molecule has 0 spiro atoms. The molecule has 3 rings (SSSR count). The van der Waals surface area contributed by atoms with Crippen molar-refractivity contribution in [3.63, 3.8) is 0 Å². The van der Waals surface area contributed by atoms with E-state index < -0.39 is 0 Å². The summed E-state index contributed by atoms with van der Waals surface area (Å²) in [6.45, 7) is 4.28. The van der Waals surface area contributed by atoms with Gasteiger partial charge in [-0.1, -0.05) is 6.92 Å². The summed E-state index contributed by atoms with van der Waals surface area (Å²) in [5.74, 6) is 2.33. The van der Waals surface area contributed by atoms with E-state index in [4.69, 9.17) is 4.74 Å². The Morgan fingerprint density at radius 2 is 2.26 bits per heavy atom. The van der Waals surface area contributed by atoms with Gasteiger partial charge in [0.25, 0.3) is 0 Å². The maximum atomic E-state index is 11.2. The number of ether oxygens (including phenoxy) is 1. The average Bonchev–Trinajstić information content (AvgIpc) is 2.87. The predicted octanol–water partition coefficient (Wildman–Crippen LogP) is 4.17. The number of aryl methyl sites for hydroxylation is 2. The van der Waals surface area contributed by atoms with Crippen LogP contribution in [0.25, 0.3) is 10.2 Å². The number of rotatable bonds is 5. The van der Waals surface area contributed by atoms with Crippen LogP contribution in [0, 0.1) is 12.8 Å². The minimum atomic E-state index is -0.142. The molecule has 1 unspecified atom stereocenters. The molecule has 4 nitrogen and oxygen atoms in total. The standard InChI is InChI=1S/C17H22N2O2S2/c1-10-6-7-12-13(9-10)23-17-15(12)16(18-11(2)19-17)22-8-4-5-14(20)21-3/h10H,4-9H2,1-3H3. The fourth-order valence-electron chi connectivity index (χ4n) is 3.00. The number of hydrogen-bond donors (Lipinski definition) is 0. The summed E-state index contributed by atoms with van der Waals surface area (Å²) >= 11 is 3.58. The smallest absolute Gasteiger partial charge is 0.305 e. The van der Waals surface area contributed by atoms with Crippen molar-refractivity contribution in [2.24, 2.45) is 5.92 Å². The van der Waals surface area contributed by atoms with Gasteiger partial charge in [-0.2, -0.15) is 0 Å².